The molecule has 6 nitrogen and oxygen atoms in total. The smallest absolute Gasteiger partial charge is 0.255 e. The molecule has 0 aromatic heterocycles. The molecule has 3 aromatic carbocycles. The minimum Gasteiger partial charge on any atom is -0.454 e. The molecular formula is C24H22N2O4S. The highest BCUT2D eigenvalue weighted by Gasteiger charge is 2.18. The van der Waals surface area contributed by atoms with Crippen LogP contribution in [0.5, 0.6) is 11.5 Å². The zero-order valence-corrected chi connectivity index (χ0v) is 18.0. The Hall–Kier alpha value is -3.45. The quantitative estimate of drug-likeness (QED) is 0.528. The van der Waals surface area contributed by atoms with Gasteiger partial charge in [0.05, 0.1) is 5.25 Å². The molecule has 0 aliphatic carbocycles. The van der Waals surface area contributed by atoms with Crippen molar-refractivity contribution in [2.75, 3.05) is 17.4 Å². The van der Waals surface area contributed by atoms with Gasteiger partial charge in [-0.25, -0.2) is 0 Å². The summed E-state index contributed by atoms with van der Waals surface area (Å²) in [6, 6.07) is 20.2. The summed E-state index contributed by atoms with van der Waals surface area (Å²) >= 11 is 1.44. The number of carbonyl (C=O) groups is 2. The summed E-state index contributed by atoms with van der Waals surface area (Å²) in [6.07, 6.45) is 0. The van der Waals surface area contributed by atoms with Crippen molar-refractivity contribution in [1.29, 1.82) is 0 Å². The fourth-order valence-corrected chi connectivity index (χ4v) is 3.87. The second kappa shape index (κ2) is 9.14. The number of ether oxygens (including phenoxy) is 2. The van der Waals surface area contributed by atoms with E-state index in [-0.39, 0.29) is 23.9 Å². The Kier molecular flexibility index (Phi) is 6.13. The molecule has 1 atom stereocenters. The predicted molar refractivity (Wildman–Crippen MR) is 122 cm³/mol. The third-order valence-electron chi connectivity index (χ3n) is 4.75. The maximum Gasteiger partial charge on any atom is 0.255 e. The highest BCUT2D eigenvalue weighted by Crippen LogP contribution is 2.34. The van der Waals surface area contributed by atoms with E-state index in [9.17, 15) is 9.59 Å². The monoisotopic (exact) mass is 434 g/mol. The van der Waals surface area contributed by atoms with Crippen LogP contribution in [0.4, 0.5) is 11.4 Å². The maximum absolute atomic E-state index is 12.5. The highest BCUT2D eigenvalue weighted by molar-refractivity contribution is 8.00. The van der Waals surface area contributed by atoms with Crippen LogP contribution < -0.4 is 20.1 Å². The topological polar surface area (TPSA) is 76.7 Å². The van der Waals surface area contributed by atoms with E-state index >= 15 is 0 Å². The van der Waals surface area contributed by atoms with E-state index < -0.39 is 0 Å². The molecule has 1 aliphatic rings. The van der Waals surface area contributed by atoms with Gasteiger partial charge in [-0.1, -0.05) is 17.7 Å². The minimum absolute atomic E-state index is 0.111. The van der Waals surface area contributed by atoms with Crippen molar-refractivity contribution in [3.63, 3.8) is 0 Å². The standard InChI is InChI=1S/C24H22N2O4S/c1-15-3-5-17(6-4-15)24(28)25-18-7-10-20(11-8-18)31-16(2)23(27)26-19-9-12-21-22(13-19)30-14-29-21/h3-13,16H,14H2,1-2H3,(H,25,28)(H,26,27). The first kappa shape index (κ1) is 20.8. The number of anilines is 2. The van der Waals surface area contributed by atoms with E-state index in [1.165, 1.54) is 11.8 Å². The van der Waals surface area contributed by atoms with Crippen LogP contribution in [0.15, 0.2) is 71.6 Å². The van der Waals surface area contributed by atoms with Crippen LogP contribution >= 0.6 is 11.8 Å². The van der Waals surface area contributed by atoms with Gasteiger partial charge in [0.1, 0.15) is 0 Å². The number of benzene rings is 3. The summed E-state index contributed by atoms with van der Waals surface area (Å²) in [5.41, 5.74) is 3.08. The first-order chi connectivity index (χ1) is 15.0. The third kappa shape index (κ3) is 5.19. The van der Waals surface area contributed by atoms with E-state index in [4.69, 9.17) is 9.47 Å². The van der Waals surface area contributed by atoms with E-state index in [0.717, 1.165) is 10.5 Å². The molecule has 158 valence electrons. The molecule has 1 aliphatic heterocycles. The van der Waals surface area contributed by atoms with Gasteiger partial charge in [-0.15, -0.1) is 11.8 Å². The number of amides is 2. The van der Waals surface area contributed by atoms with Crippen molar-refractivity contribution in [2.45, 2.75) is 24.0 Å². The average Bonchev–Trinajstić information content (AvgIpc) is 3.23. The van der Waals surface area contributed by atoms with Gasteiger partial charge in [0, 0.05) is 27.9 Å². The highest BCUT2D eigenvalue weighted by atomic mass is 32.2. The fourth-order valence-electron chi connectivity index (χ4n) is 3.00. The third-order valence-corrected chi connectivity index (χ3v) is 5.86. The molecule has 3 aromatic rings. The van der Waals surface area contributed by atoms with Crippen molar-refractivity contribution in [3.05, 3.63) is 77.9 Å². The normalized spacial score (nSPS) is 12.8. The van der Waals surface area contributed by atoms with Crippen molar-refractivity contribution < 1.29 is 19.1 Å². The number of hydrogen-bond acceptors (Lipinski definition) is 5. The molecule has 1 unspecified atom stereocenters. The molecule has 0 spiro atoms. The Morgan fingerprint density at radius 2 is 1.55 bits per heavy atom. The molecular weight excluding hydrogens is 412 g/mol. The molecule has 0 saturated heterocycles. The largest absolute Gasteiger partial charge is 0.454 e. The van der Waals surface area contributed by atoms with Crippen LogP contribution in [-0.2, 0) is 4.79 Å². The van der Waals surface area contributed by atoms with E-state index in [2.05, 4.69) is 10.6 Å². The lowest BCUT2D eigenvalue weighted by Gasteiger charge is -2.13. The van der Waals surface area contributed by atoms with Crippen LogP contribution in [0.3, 0.4) is 0 Å². The maximum atomic E-state index is 12.5. The summed E-state index contributed by atoms with van der Waals surface area (Å²) in [7, 11) is 0. The first-order valence-electron chi connectivity index (χ1n) is 9.83. The van der Waals surface area contributed by atoms with Crippen LogP contribution in [0.25, 0.3) is 0 Å². The van der Waals surface area contributed by atoms with Crippen molar-refractivity contribution in [3.8, 4) is 11.5 Å². The van der Waals surface area contributed by atoms with E-state index in [0.29, 0.717) is 28.4 Å². The number of fused-ring (bicyclic) bond motifs is 1. The Morgan fingerprint density at radius 3 is 2.29 bits per heavy atom. The summed E-state index contributed by atoms with van der Waals surface area (Å²) in [5.74, 6) is 1.04. The van der Waals surface area contributed by atoms with Gasteiger partial charge >= 0.3 is 0 Å². The molecule has 2 amide bonds. The Morgan fingerprint density at radius 1 is 0.871 bits per heavy atom. The number of thioether (sulfide) groups is 1. The van der Waals surface area contributed by atoms with Gasteiger partial charge in [0.2, 0.25) is 12.7 Å². The number of hydrogen-bond donors (Lipinski definition) is 2. The average molecular weight is 435 g/mol. The van der Waals surface area contributed by atoms with Gasteiger partial charge in [-0.05, 0) is 62.4 Å². The van der Waals surface area contributed by atoms with Gasteiger partial charge in [0.15, 0.2) is 11.5 Å². The second-order valence-corrected chi connectivity index (χ2v) is 8.58. The summed E-state index contributed by atoms with van der Waals surface area (Å²) in [5, 5.41) is 5.48. The SMILES string of the molecule is Cc1ccc(C(=O)Nc2ccc(SC(C)C(=O)Nc3ccc4c(c3)OCO4)cc2)cc1. The number of rotatable bonds is 6. The van der Waals surface area contributed by atoms with Crippen molar-refractivity contribution in [1.82, 2.24) is 0 Å². The minimum atomic E-state index is -0.307. The summed E-state index contributed by atoms with van der Waals surface area (Å²) in [6.45, 7) is 4.02. The Labute approximate surface area is 185 Å². The zero-order valence-electron chi connectivity index (χ0n) is 17.2. The molecule has 0 fully saturated rings. The van der Waals surface area contributed by atoms with Gasteiger partial charge in [0.25, 0.3) is 5.91 Å². The second-order valence-electron chi connectivity index (χ2n) is 7.16. The van der Waals surface area contributed by atoms with Crippen LogP contribution in [0.1, 0.15) is 22.8 Å². The molecule has 31 heavy (non-hydrogen) atoms. The molecule has 2 N–H and O–H groups in total. The van der Waals surface area contributed by atoms with Crippen LogP contribution in [-0.4, -0.2) is 23.9 Å². The van der Waals surface area contributed by atoms with Gasteiger partial charge in [-0.3, -0.25) is 9.59 Å². The van der Waals surface area contributed by atoms with Gasteiger partial charge in [-0.2, -0.15) is 0 Å². The lowest BCUT2D eigenvalue weighted by atomic mass is 10.1. The number of carbonyl (C=O) groups excluding carboxylic acids is 2. The lowest BCUT2D eigenvalue weighted by molar-refractivity contribution is -0.115. The molecule has 0 saturated carbocycles. The van der Waals surface area contributed by atoms with E-state index in [1.54, 1.807) is 30.3 Å². The van der Waals surface area contributed by atoms with Crippen molar-refractivity contribution in [2.24, 2.45) is 0 Å². The Balaban J connectivity index is 1.32. The van der Waals surface area contributed by atoms with Crippen LogP contribution in [0, 0.1) is 6.92 Å². The summed E-state index contributed by atoms with van der Waals surface area (Å²) in [4.78, 5) is 25.8. The fraction of sp³-hybridized carbons (Fsp3) is 0.167. The number of nitrogens with one attached hydrogen (secondary N) is 2. The molecule has 1 heterocycles. The Bertz CT molecular complexity index is 1100. The lowest BCUT2D eigenvalue weighted by Crippen LogP contribution is -2.22. The summed E-state index contributed by atoms with van der Waals surface area (Å²) < 4.78 is 10.6. The molecule has 4 rings (SSSR count). The molecule has 7 heteroatoms. The molecule has 0 bridgehead atoms. The van der Waals surface area contributed by atoms with Gasteiger partial charge < -0.3 is 20.1 Å². The molecule has 0 radical (unpaired) electrons. The predicted octanol–water partition coefficient (Wildman–Crippen LogP) is 5.10. The number of aryl methyl sites for hydroxylation is 1. The first-order valence-corrected chi connectivity index (χ1v) is 10.7. The van der Waals surface area contributed by atoms with Crippen molar-refractivity contribution >= 4 is 35.0 Å². The zero-order chi connectivity index (χ0) is 21.8. The van der Waals surface area contributed by atoms with Crippen LogP contribution in [0.2, 0.25) is 0 Å². The van der Waals surface area contributed by atoms with E-state index in [1.807, 2.05) is 50.2 Å².